The first-order chi connectivity index (χ1) is 7.95. The van der Waals surface area contributed by atoms with Gasteiger partial charge < -0.3 is 5.11 Å². The summed E-state index contributed by atoms with van der Waals surface area (Å²) in [6.45, 7) is 0.547. The van der Waals surface area contributed by atoms with Crippen LogP contribution in [0.15, 0.2) is 0 Å². The number of carboxylic acids is 1. The molecular weight excluding hydrogens is 242 g/mol. The molecule has 0 atom stereocenters. The van der Waals surface area contributed by atoms with Crippen LogP contribution in [0.4, 0.5) is 0 Å². The average molecular weight is 259 g/mol. The lowest BCUT2D eigenvalue weighted by Gasteiger charge is -2.19. The van der Waals surface area contributed by atoms with Crippen molar-refractivity contribution >= 4 is 16.0 Å². The molecule has 0 amide bonds. The predicted octanol–water partition coefficient (Wildman–Crippen LogP) is 0.526. The molecular formula is C11H17NO4S. The summed E-state index contributed by atoms with van der Waals surface area (Å²) in [5.74, 6) is 1.64. The normalized spacial score (nSPS) is 15.8. The van der Waals surface area contributed by atoms with Gasteiger partial charge in [0, 0.05) is 13.0 Å². The Morgan fingerprint density at radius 3 is 2.59 bits per heavy atom. The SMILES string of the molecule is C#CCN(CC1CC1)S(=O)(=O)CCCC(=O)O. The molecule has 1 aliphatic carbocycles. The summed E-state index contributed by atoms with van der Waals surface area (Å²) in [6.07, 6.45) is 7.24. The molecule has 0 aromatic carbocycles. The highest BCUT2D eigenvalue weighted by molar-refractivity contribution is 7.89. The van der Waals surface area contributed by atoms with Gasteiger partial charge in [0.25, 0.3) is 0 Å². The second-order valence-corrected chi connectivity index (χ2v) is 6.34. The van der Waals surface area contributed by atoms with E-state index in [1.807, 2.05) is 0 Å². The van der Waals surface area contributed by atoms with Crippen molar-refractivity contribution in [1.82, 2.24) is 4.31 Å². The smallest absolute Gasteiger partial charge is 0.303 e. The fraction of sp³-hybridized carbons (Fsp3) is 0.727. The minimum Gasteiger partial charge on any atom is -0.481 e. The lowest BCUT2D eigenvalue weighted by atomic mass is 10.3. The maximum atomic E-state index is 11.9. The summed E-state index contributed by atoms with van der Waals surface area (Å²) < 4.78 is 25.1. The first-order valence-corrected chi connectivity index (χ1v) is 7.19. The summed E-state index contributed by atoms with van der Waals surface area (Å²) in [7, 11) is -3.41. The fourth-order valence-corrected chi connectivity index (χ4v) is 2.98. The first-order valence-electron chi connectivity index (χ1n) is 5.59. The highest BCUT2D eigenvalue weighted by Crippen LogP contribution is 2.30. The van der Waals surface area contributed by atoms with Gasteiger partial charge in [-0.1, -0.05) is 5.92 Å². The van der Waals surface area contributed by atoms with E-state index < -0.39 is 16.0 Å². The first kappa shape index (κ1) is 14.0. The van der Waals surface area contributed by atoms with E-state index in [9.17, 15) is 13.2 Å². The Bertz CT molecular complexity index is 406. The van der Waals surface area contributed by atoms with Crippen molar-refractivity contribution in [3.05, 3.63) is 0 Å². The van der Waals surface area contributed by atoms with Crippen LogP contribution in [0.2, 0.25) is 0 Å². The number of carbonyl (C=O) groups is 1. The minimum absolute atomic E-state index is 0.0753. The van der Waals surface area contributed by atoms with E-state index in [-0.39, 0.29) is 25.1 Å². The summed E-state index contributed by atoms with van der Waals surface area (Å²) in [5.41, 5.74) is 0. The van der Waals surface area contributed by atoms with E-state index in [1.54, 1.807) is 0 Å². The molecule has 0 aromatic heterocycles. The number of nitrogens with zero attached hydrogens (tertiary/aromatic N) is 1. The van der Waals surface area contributed by atoms with Crippen LogP contribution in [0.1, 0.15) is 25.7 Å². The molecule has 0 saturated heterocycles. The van der Waals surface area contributed by atoms with Gasteiger partial charge in [0.15, 0.2) is 0 Å². The minimum atomic E-state index is -3.41. The van der Waals surface area contributed by atoms with Crippen LogP contribution in [0.3, 0.4) is 0 Å². The number of hydrogen-bond donors (Lipinski definition) is 1. The molecule has 0 radical (unpaired) electrons. The highest BCUT2D eigenvalue weighted by Gasteiger charge is 2.29. The maximum Gasteiger partial charge on any atom is 0.303 e. The molecule has 0 aliphatic heterocycles. The van der Waals surface area contributed by atoms with Crippen LogP contribution in [0.5, 0.6) is 0 Å². The third kappa shape index (κ3) is 5.20. The zero-order valence-corrected chi connectivity index (χ0v) is 10.4. The Morgan fingerprint density at radius 2 is 2.12 bits per heavy atom. The van der Waals surface area contributed by atoms with Crippen LogP contribution < -0.4 is 0 Å². The van der Waals surface area contributed by atoms with Crippen molar-refractivity contribution in [2.45, 2.75) is 25.7 Å². The molecule has 0 aromatic rings. The monoisotopic (exact) mass is 259 g/mol. The molecule has 5 nitrogen and oxygen atoms in total. The molecule has 1 N–H and O–H groups in total. The van der Waals surface area contributed by atoms with Crippen LogP contribution >= 0.6 is 0 Å². The Balaban J connectivity index is 2.50. The molecule has 1 fully saturated rings. The lowest BCUT2D eigenvalue weighted by Crippen LogP contribution is -2.35. The standard InChI is InChI=1S/C11H17NO4S/c1-2-7-12(9-10-5-6-10)17(15,16)8-3-4-11(13)14/h1,10H,3-9H2,(H,13,14). The number of carboxylic acid groups (broad SMARTS) is 1. The molecule has 0 spiro atoms. The second-order valence-electron chi connectivity index (χ2n) is 4.25. The number of sulfonamides is 1. The third-order valence-electron chi connectivity index (χ3n) is 2.61. The van der Waals surface area contributed by atoms with Crippen LogP contribution in [-0.2, 0) is 14.8 Å². The van der Waals surface area contributed by atoms with E-state index in [0.29, 0.717) is 12.5 Å². The number of terminal acetylenes is 1. The van der Waals surface area contributed by atoms with Gasteiger partial charge in [-0.15, -0.1) is 6.42 Å². The topological polar surface area (TPSA) is 74.7 Å². The van der Waals surface area contributed by atoms with Crippen molar-refractivity contribution in [3.8, 4) is 12.3 Å². The van der Waals surface area contributed by atoms with E-state index in [2.05, 4.69) is 5.92 Å². The molecule has 0 bridgehead atoms. The zero-order chi connectivity index (χ0) is 12.9. The van der Waals surface area contributed by atoms with Crippen molar-refractivity contribution in [3.63, 3.8) is 0 Å². The van der Waals surface area contributed by atoms with E-state index in [1.165, 1.54) is 4.31 Å². The highest BCUT2D eigenvalue weighted by atomic mass is 32.2. The van der Waals surface area contributed by atoms with Crippen LogP contribution in [0, 0.1) is 18.3 Å². The number of rotatable bonds is 8. The molecule has 17 heavy (non-hydrogen) atoms. The van der Waals surface area contributed by atoms with E-state index in [4.69, 9.17) is 11.5 Å². The predicted molar refractivity (Wildman–Crippen MR) is 63.8 cm³/mol. The quantitative estimate of drug-likeness (QED) is 0.645. The zero-order valence-electron chi connectivity index (χ0n) is 9.63. The Hall–Kier alpha value is -1.06. The van der Waals surface area contributed by atoms with Gasteiger partial charge in [-0.2, -0.15) is 4.31 Å². The summed E-state index contributed by atoms with van der Waals surface area (Å²) in [5, 5.41) is 8.47. The second kappa shape index (κ2) is 6.03. The van der Waals surface area contributed by atoms with Crippen molar-refractivity contribution in [2.24, 2.45) is 5.92 Å². The van der Waals surface area contributed by atoms with Gasteiger partial charge in [-0.3, -0.25) is 4.79 Å². The average Bonchev–Trinajstić information content (AvgIpc) is 3.00. The summed E-state index contributed by atoms with van der Waals surface area (Å²) >= 11 is 0. The van der Waals surface area contributed by atoms with E-state index >= 15 is 0 Å². The summed E-state index contributed by atoms with van der Waals surface area (Å²) in [6, 6.07) is 0. The Labute approximate surface area is 102 Å². The van der Waals surface area contributed by atoms with Crippen LogP contribution in [-0.4, -0.2) is 42.6 Å². The largest absolute Gasteiger partial charge is 0.481 e. The lowest BCUT2D eigenvalue weighted by molar-refractivity contribution is -0.137. The third-order valence-corrected chi connectivity index (χ3v) is 4.48. The van der Waals surface area contributed by atoms with E-state index in [0.717, 1.165) is 12.8 Å². The van der Waals surface area contributed by atoms with Crippen molar-refractivity contribution in [2.75, 3.05) is 18.8 Å². The fourth-order valence-electron chi connectivity index (χ4n) is 1.50. The Morgan fingerprint density at radius 1 is 1.47 bits per heavy atom. The van der Waals surface area contributed by atoms with Gasteiger partial charge in [0.05, 0.1) is 12.3 Å². The molecule has 0 unspecified atom stereocenters. The molecule has 0 heterocycles. The molecule has 1 rings (SSSR count). The maximum absolute atomic E-state index is 11.9. The molecule has 96 valence electrons. The Kier molecular flexibility index (Phi) is 4.97. The van der Waals surface area contributed by atoms with Crippen molar-refractivity contribution in [1.29, 1.82) is 0 Å². The van der Waals surface area contributed by atoms with Crippen LogP contribution in [0.25, 0.3) is 0 Å². The van der Waals surface area contributed by atoms with Gasteiger partial charge in [0.1, 0.15) is 0 Å². The van der Waals surface area contributed by atoms with Gasteiger partial charge in [-0.05, 0) is 25.2 Å². The van der Waals surface area contributed by atoms with Gasteiger partial charge in [-0.25, -0.2) is 8.42 Å². The molecule has 1 saturated carbocycles. The van der Waals surface area contributed by atoms with Crippen molar-refractivity contribution < 1.29 is 18.3 Å². The summed E-state index contributed by atoms with van der Waals surface area (Å²) in [4.78, 5) is 10.3. The number of aliphatic carboxylic acids is 1. The molecule has 1 aliphatic rings. The van der Waals surface area contributed by atoms with Gasteiger partial charge in [0.2, 0.25) is 10.0 Å². The van der Waals surface area contributed by atoms with Gasteiger partial charge >= 0.3 is 5.97 Å². The number of hydrogen-bond acceptors (Lipinski definition) is 3. The molecule has 6 heteroatoms.